The lowest BCUT2D eigenvalue weighted by molar-refractivity contribution is 0.353. The largest absolute Gasteiger partial charge is 0.354 e. The molecule has 4 aromatic rings. The Balaban J connectivity index is 1.43. The van der Waals surface area contributed by atoms with Crippen molar-refractivity contribution in [1.82, 2.24) is 24.7 Å². The number of hydrogen-bond donors (Lipinski definition) is 1. The van der Waals surface area contributed by atoms with Crippen LogP contribution in [0.3, 0.4) is 0 Å². The second-order valence-corrected chi connectivity index (χ2v) is 6.84. The Bertz CT molecular complexity index is 1170. The van der Waals surface area contributed by atoms with Crippen molar-refractivity contribution in [1.29, 1.82) is 0 Å². The van der Waals surface area contributed by atoms with Crippen molar-refractivity contribution >= 4 is 16.9 Å². The molecule has 3 aromatic heterocycles. The molecule has 1 aliphatic rings. The van der Waals surface area contributed by atoms with Gasteiger partial charge in [-0.05, 0) is 19.1 Å². The molecule has 134 valence electrons. The maximum atomic E-state index is 12.3. The monoisotopic (exact) mass is 358 g/mol. The van der Waals surface area contributed by atoms with Gasteiger partial charge in [-0.2, -0.15) is 5.10 Å². The maximum Gasteiger partial charge on any atom is 0.267 e. The molecule has 0 bridgehead atoms. The molecule has 0 radical (unpaired) electrons. The summed E-state index contributed by atoms with van der Waals surface area (Å²) in [4.78, 5) is 26.6. The van der Waals surface area contributed by atoms with Crippen molar-refractivity contribution < 1.29 is 0 Å². The molecule has 1 N–H and O–H groups in total. The molecule has 0 unspecified atom stereocenters. The molecule has 1 aliphatic heterocycles. The van der Waals surface area contributed by atoms with Crippen LogP contribution in [0.1, 0.15) is 11.7 Å². The minimum absolute atomic E-state index is 0.0298. The van der Waals surface area contributed by atoms with Gasteiger partial charge in [-0.25, -0.2) is 14.6 Å². The molecule has 0 atom stereocenters. The number of benzene rings is 1. The summed E-state index contributed by atoms with van der Waals surface area (Å²) in [6.45, 7) is 3.38. The summed E-state index contributed by atoms with van der Waals surface area (Å²) in [6, 6.07) is 15.3. The van der Waals surface area contributed by atoms with Gasteiger partial charge < -0.3 is 9.88 Å². The Morgan fingerprint density at radius 3 is 2.70 bits per heavy atom. The standard InChI is InChI=1S/C20H18N6O/c1-13-9-17-19(23-13)20(22-12-21-17)25-10-15(11-25)26-18(27)8-7-16(24-26)14-5-3-2-4-6-14/h2-9,12,15,23H,10-11H2,1H3. The van der Waals surface area contributed by atoms with Crippen LogP contribution in [0, 0.1) is 6.92 Å². The summed E-state index contributed by atoms with van der Waals surface area (Å²) in [6.07, 6.45) is 1.58. The average Bonchev–Trinajstić information content (AvgIpc) is 3.04. The van der Waals surface area contributed by atoms with Gasteiger partial charge in [0.25, 0.3) is 5.56 Å². The first-order valence-corrected chi connectivity index (χ1v) is 8.89. The van der Waals surface area contributed by atoms with Gasteiger partial charge in [0.1, 0.15) is 11.8 Å². The van der Waals surface area contributed by atoms with Crippen molar-refractivity contribution in [3.63, 3.8) is 0 Å². The van der Waals surface area contributed by atoms with Gasteiger partial charge in [0.2, 0.25) is 0 Å². The van der Waals surface area contributed by atoms with Gasteiger partial charge in [0, 0.05) is 30.4 Å². The number of H-pyrrole nitrogens is 1. The van der Waals surface area contributed by atoms with Crippen molar-refractivity contribution in [3.8, 4) is 11.3 Å². The topological polar surface area (TPSA) is 79.7 Å². The Morgan fingerprint density at radius 2 is 1.89 bits per heavy atom. The number of aromatic amines is 1. The fourth-order valence-corrected chi connectivity index (χ4v) is 3.53. The number of rotatable bonds is 3. The number of hydrogen-bond acceptors (Lipinski definition) is 5. The first-order valence-electron chi connectivity index (χ1n) is 8.89. The highest BCUT2D eigenvalue weighted by molar-refractivity contribution is 5.87. The van der Waals surface area contributed by atoms with Gasteiger partial charge in [0.05, 0.1) is 17.3 Å². The summed E-state index contributed by atoms with van der Waals surface area (Å²) < 4.78 is 1.59. The van der Waals surface area contributed by atoms with Crippen molar-refractivity contribution in [3.05, 3.63) is 70.9 Å². The van der Waals surface area contributed by atoms with E-state index in [4.69, 9.17) is 0 Å². The second-order valence-electron chi connectivity index (χ2n) is 6.84. The van der Waals surface area contributed by atoms with Crippen LogP contribution in [-0.2, 0) is 0 Å². The summed E-state index contributed by atoms with van der Waals surface area (Å²) >= 11 is 0. The van der Waals surface area contributed by atoms with Gasteiger partial charge in [-0.15, -0.1) is 0 Å². The van der Waals surface area contributed by atoms with Gasteiger partial charge in [-0.3, -0.25) is 4.79 Å². The lowest BCUT2D eigenvalue weighted by Crippen LogP contribution is -2.51. The molecule has 4 heterocycles. The summed E-state index contributed by atoms with van der Waals surface area (Å²) in [7, 11) is 0. The van der Waals surface area contributed by atoms with E-state index in [9.17, 15) is 4.79 Å². The number of nitrogens with zero attached hydrogens (tertiary/aromatic N) is 5. The zero-order chi connectivity index (χ0) is 18.4. The molecule has 1 saturated heterocycles. The van der Waals surface area contributed by atoms with E-state index in [0.717, 1.165) is 33.8 Å². The third-order valence-corrected chi connectivity index (χ3v) is 4.93. The Hall–Kier alpha value is -3.48. The van der Waals surface area contributed by atoms with Crippen LogP contribution in [-0.4, -0.2) is 37.8 Å². The molecular weight excluding hydrogens is 340 g/mol. The minimum atomic E-state index is -0.0807. The Labute approximate surface area is 155 Å². The molecule has 0 saturated carbocycles. The van der Waals surface area contributed by atoms with Crippen LogP contribution in [0.15, 0.2) is 59.7 Å². The summed E-state index contributed by atoms with van der Waals surface area (Å²) in [5.74, 6) is 0.872. The van der Waals surface area contributed by atoms with Crippen molar-refractivity contribution in [2.75, 3.05) is 18.0 Å². The molecule has 5 rings (SSSR count). The first-order chi connectivity index (χ1) is 13.2. The number of fused-ring (bicyclic) bond motifs is 1. The van der Waals surface area contributed by atoms with Gasteiger partial charge >= 0.3 is 0 Å². The highest BCUT2D eigenvalue weighted by atomic mass is 16.1. The summed E-state index contributed by atoms with van der Waals surface area (Å²) in [5.41, 5.74) is 4.62. The van der Waals surface area contributed by atoms with Crippen molar-refractivity contribution in [2.45, 2.75) is 13.0 Å². The third kappa shape index (κ3) is 2.68. The molecular formula is C20H18N6O. The molecule has 1 aromatic carbocycles. The van der Waals surface area contributed by atoms with Gasteiger partial charge in [-0.1, -0.05) is 30.3 Å². The van der Waals surface area contributed by atoms with E-state index in [1.807, 2.05) is 43.3 Å². The van der Waals surface area contributed by atoms with Crippen molar-refractivity contribution in [2.24, 2.45) is 0 Å². The predicted molar refractivity (Wildman–Crippen MR) is 104 cm³/mol. The van der Waals surface area contributed by atoms with E-state index in [2.05, 4.69) is 25.0 Å². The number of nitrogens with one attached hydrogen (secondary N) is 1. The zero-order valence-electron chi connectivity index (χ0n) is 14.8. The maximum absolute atomic E-state index is 12.3. The van der Waals surface area contributed by atoms with Crippen LogP contribution in [0.5, 0.6) is 0 Å². The lowest BCUT2D eigenvalue weighted by atomic mass is 10.1. The quantitative estimate of drug-likeness (QED) is 0.609. The molecule has 0 aliphatic carbocycles. The highest BCUT2D eigenvalue weighted by Gasteiger charge is 2.32. The smallest absolute Gasteiger partial charge is 0.267 e. The normalized spacial score (nSPS) is 14.5. The van der Waals surface area contributed by atoms with Crippen LogP contribution < -0.4 is 10.5 Å². The number of aryl methyl sites for hydroxylation is 1. The molecule has 27 heavy (non-hydrogen) atoms. The number of aromatic nitrogens is 5. The molecule has 7 heteroatoms. The average molecular weight is 358 g/mol. The first kappa shape index (κ1) is 15.7. The van der Waals surface area contributed by atoms with Crippen LogP contribution >= 0.6 is 0 Å². The van der Waals surface area contributed by atoms with E-state index >= 15 is 0 Å². The SMILES string of the molecule is Cc1cc2ncnc(N3CC(n4nc(-c5ccccc5)ccc4=O)C3)c2[nH]1. The molecule has 0 spiro atoms. The highest BCUT2D eigenvalue weighted by Crippen LogP contribution is 2.30. The van der Waals surface area contributed by atoms with E-state index in [-0.39, 0.29) is 11.6 Å². The second kappa shape index (κ2) is 6.05. The third-order valence-electron chi connectivity index (χ3n) is 4.93. The fourth-order valence-electron chi connectivity index (χ4n) is 3.53. The van der Waals surface area contributed by atoms with Gasteiger partial charge in [0.15, 0.2) is 5.82 Å². The van der Waals surface area contributed by atoms with E-state index in [0.29, 0.717) is 13.1 Å². The lowest BCUT2D eigenvalue weighted by Gasteiger charge is -2.40. The predicted octanol–water partition coefficient (Wildman–Crippen LogP) is 2.55. The molecule has 0 amide bonds. The van der Waals surface area contributed by atoms with Crippen LogP contribution in [0.25, 0.3) is 22.3 Å². The van der Waals surface area contributed by atoms with Crippen LogP contribution in [0.2, 0.25) is 0 Å². The summed E-state index contributed by atoms with van der Waals surface area (Å²) in [5, 5.41) is 4.60. The number of anilines is 1. The zero-order valence-corrected chi connectivity index (χ0v) is 14.8. The van der Waals surface area contributed by atoms with E-state index in [1.54, 1.807) is 23.1 Å². The minimum Gasteiger partial charge on any atom is -0.354 e. The Kier molecular flexibility index (Phi) is 3.53. The fraction of sp³-hybridized carbons (Fsp3) is 0.200. The molecule has 7 nitrogen and oxygen atoms in total. The Morgan fingerprint density at radius 1 is 1.07 bits per heavy atom. The van der Waals surface area contributed by atoms with E-state index in [1.165, 1.54) is 0 Å². The molecule has 1 fully saturated rings. The van der Waals surface area contributed by atoms with E-state index < -0.39 is 0 Å². The van der Waals surface area contributed by atoms with Crippen LogP contribution in [0.4, 0.5) is 5.82 Å².